The van der Waals surface area contributed by atoms with E-state index in [-0.39, 0.29) is 24.3 Å². The van der Waals surface area contributed by atoms with Crippen LogP contribution in [0.25, 0.3) is 0 Å². The standard InChI is InChI=1S/C13H14F4O3/c14-10-3-1-2-9-8(4-5-20-11(9)10)6-12(19,7-18)13(15,16)17/h1-3,8,18-19H,4-7H2. The van der Waals surface area contributed by atoms with Crippen LogP contribution < -0.4 is 4.74 Å². The molecule has 0 fully saturated rings. The summed E-state index contributed by atoms with van der Waals surface area (Å²) in [5.41, 5.74) is -2.91. The van der Waals surface area contributed by atoms with Gasteiger partial charge in [0.2, 0.25) is 0 Å². The molecule has 0 amide bonds. The lowest BCUT2D eigenvalue weighted by atomic mass is 9.82. The summed E-state index contributed by atoms with van der Waals surface area (Å²) in [5, 5.41) is 18.5. The Kier molecular flexibility index (Phi) is 3.93. The highest BCUT2D eigenvalue weighted by atomic mass is 19.4. The fourth-order valence-corrected chi connectivity index (χ4v) is 2.35. The van der Waals surface area contributed by atoms with Crippen molar-refractivity contribution in [2.75, 3.05) is 13.2 Å². The van der Waals surface area contributed by atoms with Gasteiger partial charge in [-0.2, -0.15) is 13.2 Å². The molecule has 0 saturated heterocycles. The van der Waals surface area contributed by atoms with Crippen LogP contribution >= 0.6 is 0 Å². The van der Waals surface area contributed by atoms with Crippen LogP contribution in [0.1, 0.15) is 24.3 Å². The van der Waals surface area contributed by atoms with Gasteiger partial charge in [0.25, 0.3) is 0 Å². The second-order valence-corrected chi connectivity index (χ2v) is 4.88. The molecule has 20 heavy (non-hydrogen) atoms. The molecular formula is C13H14F4O3. The minimum atomic E-state index is -4.95. The van der Waals surface area contributed by atoms with Gasteiger partial charge in [-0.25, -0.2) is 4.39 Å². The van der Waals surface area contributed by atoms with E-state index in [9.17, 15) is 22.7 Å². The van der Waals surface area contributed by atoms with E-state index in [1.54, 1.807) is 0 Å². The first-order valence-electron chi connectivity index (χ1n) is 6.09. The van der Waals surface area contributed by atoms with Crippen molar-refractivity contribution >= 4 is 0 Å². The van der Waals surface area contributed by atoms with E-state index in [0.29, 0.717) is 0 Å². The summed E-state index contributed by atoms with van der Waals surface area (Å²) in [4.78, 5) is 0. The number of rotatable bonds is 3. The molecule has 112 valence electrons. The lowest BCUT2D eigenvalue weighted by Crippen LogP contribution is -2.49. The van der Waals surface area contributed by atoms with Crippen LogP contribution in [0.15, 0.2) is 18.2 Å². The SMILES string of the molecule is OCC(O)(CC1CCOc2c(F)cccc21)C(F)(F)F. The van der Waals surface area contributed by atoms with Crippen LogP contribution in [-0.4, -0.2) is 35.2 Å². The van der Waals surface area contributed by atoms with Crippen LogP contribution in [0.5, 0.6) is 5.75 Å². The monoisotopic (exact) mass is 294 g/mol. The van der Waals surface area contributed by atoms with Gasteiger partial charge in [0.15, 0.2) is 17.2 Å². The van der Waals surface area contributed by atoms with Gasteiger partial charge in [0.1, 0.15) is 0 Å². The molecule has 0 saturated carbocycles. The van der Waals surface area contributed by atoms with Gasteiger partial charge in [0.05, 0.1) is 13.2 Å². The number of halogens is 4. The fraction of sp³-hybridized carbons (Fsp3) is 0.538. The molecule has 2 N–H and O–H groups in total. The highest BCUT2D eigenvalue weighted by molar-refractivity contribution is 5.39. The molecule has 7 heteroatoms. The van der Waals surface area contributed by atoms with E-state index < -0.39 is 36.5 Å². The Balaban J connectivity index is 2.31. The zero-order valence-corrected chi connectivity index (χ0v) is 10.5. The molecule has 1 aliphatic rings. The Hall–Kier alpha value is -1.34. The van der Waals surface area contributed by atoms with Crippen LogP contribution in [0.2, 0.25) is 0 Å². The predicted molar refractivity (Wildman–Crippen MR) is 62.0 cm³/mol. The molecule has 2 rings (SSSR count). The van der Waals surface area contributed by atoms with Gasteiger partial charge in [-0.1, -0.05) is 12.1 Å². The second-order valence-electron chi connectivity index (χ2n) is 4.88. The molecule has 2 unspecified atom stereocenters. The molecule has 0 aromatic heterocycles. The average Bonchev–Trinajstić information content (AvgIpc) is 2.38. The Labute approximate surface area is 112 Å². The smallest absolute Gasteiger partial charge is 0.419 e. The first-order chi connectivity index (χ1) is 9.28. The number of hydrogen-bond donors (Lipinski definition) is 2. The van der Waals surface area contributed by atoms with E-state index >= 15 is 0 Å². The molecule has 1 aliphatic heterocycles. The van der Waals surface area contributed by atoms with E-state index in [2.05, 4.69) is 0 Å². The minimum Gasteiger partial charge on any atom is -0.490 e. The average molecular weight is 294 g/mol. The summed E-state index contributed by atoms with van der Waals surface area (Å²) in [5.74, 6) is -1.45. The number of para-hydroxylation sites is 1. The van der Waals surface area contributed by atoms with Gasteiger partial charge >= 0.3 is 6.18 Å². The van der Waals surface area contributed by atoms with Gasteiger partial charge in [0, 0.05) is 5.56 Å². The first-order valence-corrected chi connectivity index (χ1v) is 6.09. The van der Waals surface area contributed by atoms with Crippen molar-refractivity contribution < 1.29 is 32.5 Å². The number of hydrogen-bond acceptors (Lipinski definition) is 3. The molecule has 0 spiro atoms. The Morgan fingerprint density at radius 2 is 2.00 bits per heavy atom. The summed E-state index contributed by atoms with van der Waals surface area (Å²) in [6, 6.07) is 4.00. The van der Waals surface area contributed by atoms with Gasteiger partial charge < -0.3 is 14.9 Å². The number of ether oxygens (including phenoxy) is 1. The van der Waals surface area contributed by atoms with Crippen LogP contribution in [0.4, 0.5) is 17.6 Å². The number of fused-ring (bicyclic) bond motifs is 1. The molecule has 3 nitrogen and oxygen atoms in total. The maximum absolute atomic E-state index is 13.5. The Morgan fingerprint density at radius 3 is 2.60 bits per heavy atom. The number of aliphatic hydroxyl groups excluding tert-OH is 1. The lowest BCUT2D eigenvalue weighted by Gasteiger charge is -2.34. The van der Waals surface area contributed by atoms with Crippen molar-refractivity contribution in [1.82, 2.24) is 0 Å². The van der Waals surface area contributed by atoms with Gasteiger partial charge in [-0.15, -0.1) is 0 Å². The second kappa shape index (κ2) is 5.21. The quantitative estimate of drug-likeness (QED) is 0.841. The number of alkyl halides is 3. The van der Waals surface area contributed by atoms with Crippen molar-refractivity contribution in [2.45, 2.75) is 30.5 Å². The molecule has 0 aliphatic carbocycles. The molecular weight excluding hydrogens is 280 g/mol. The molecule has 1 aromatic rings. The number of aliphatic hydroxyl groups is 2. The zero-order valence-electron chi connectivity index (χ0n) is 10.5. The van der Waals surface area contributed by atoms with E-state index in [1.807, 2.05) is 0 Å². The van der Waals surface area contributed by atoms with Crippen LogP contribution in [0.3, 0.4) is 0 Å². The highest BCUT2D eigenvalue weighted by Crippen LogP contribution is 2.43. The van der Waals surface area contributed by atoms with Crippen molar-refractivity contribution in [3.8, 4) is 5.75 Å². The first kappa shape index (κ1) is 15.1. The Bertz CT molecular complexity index is 489. The van der Waals surface area contributed by atoms with E-state index in [1.165, 1.54) is 12.1 Å². The van der Waals surface area contributed by atoms with Crippen molar-refractivity contribution in [1.29, 1.82) is 0 Å². The number of benzene rings is 1. The minimum absolute atomic E-state index is 0.0674. The maximum Gasteiger partial charge on any atom is 0.419 e. The molecule has 0 bridgehead atoms. The third kappa shape index (κ3) is 2.60. The maximum atomic E-state index is 13.5. The summed E-state index contributed by atoms with van der Waals surface area (Å²) in [6.07, 6.45) is -5.46. The molecule has 1 aromatic carbocycles. The summed E-state index contributed by atoms with van der Waals surface area (Å²) in [7, 11) is 0. The van der Waals surface area contributed by atoms with Crippen molar-refractivity contribution in [3.05, 3.63) is 29.6 Å². The fourth-order valence-electron chi connectivity index (χ4n) is 2.35. The van der Waals surface area contributed by atoms with Crippen LogP contribution in [-0.2, 0) is 0 Å². The van der Waals surface area contributed by atoms with Gasteiger partial charge in [-0.05, 0) is 24.8 Å². The Morgan fingerprint density at radius 1 is 1.30 bits per heavy atom. The lowest BCUT2D eigenvalue weighted by molar-refractivity contribution is -0.275. The highest BCUT2D eigenvalue weighted by Gasteiger charge is 2.54. The summed E-state index contributed by atoms with van der Waals surface area (Å²) < 4.78 is 57.1. The third-order valence-electron chi connectivity index (χ3n) is 3.52. The van der Waals surface area contributed by atoms with E-state index in [4.69, 9.17) is 9.84 Å². The normalized spacial score (nSPS) is 21.8. The van der Waals surface area contributed by atoms with Crippen LogP contribution in [0, 0.1) is 5.82 Å². The van der Waals surface area contributed by atoms with Crippen molar-refractivity contribution in [3.63, 3.8) is 0 Å². The molecule has 2 atom stereocenters. The van der Waals surface area contributed by atoms with Gasteiger partial charge in [-0.3, -0.25) is 0 Å². The van der Waals surface area contributed by atoms with E-state index in [0.717, 1.165) is 6.07 Å². The van der Waals surface area contributed by atoms with Crippen molar-refractivity contribution in [2.24, 2.45) is 0 Å². The molecule has 0 radical (unpaired) electrons. The predicted octanol–water partition coefficient (Wildman–Crippen LogP) is 2.37. The summed E-state index contributed by atoms with van der Waals surface area (Å²) >= 11 is 0. The molecule has 1 heterocycles. The largest absolute Gasteiger partial charge is 0.490 e. The third-order valence-corrected chi connectivity index (χ3v) is 3.52. The zero-order chi connectivity index (χ0) is 15.0. The summed E-state index contributed by atoms with van der Waals surface area (Å²) in [6.45, 7) is -1.36. The topological polar surface area (TPSA) is 49.7 Å².